The Bertz CT molecular complexity index is 1900. The Morgan fingerprint density at radius 3 is 2.42 bits per heavy atom. The molecule has 9 nitrogen and oxygen atoms in total. The Kier molecular flexibility index (Phi) is 7.80. The minimum absolute atomic E-state index is 0.115. The standard InChI is InChI=1S/C38H48N4O5S/c1-40(2)48(45,46)39-37(44)25-10-14-30-33(19-25)42-22-38(34(43)18-23-16-26-11-12-27(17-23)41(26)3)21-32(38)31-20-28(47-4)13-15-29(31)36(42)35(30)24-8-6-5-7-9-24/h10,13-15,19-20,23-24,26-27,32H,5-9,11-12,16-18,21-22H2,1-4H3,(H,39,44). The number of Topliss-reactive ketones (excluding diaryl/α,β-unsaturated/α-hetero) is 1. The van der Waals surface area contributed by atoms with Gasteiger partial charge in [0.1, 0.15) is 11.5 Å². The number of hydrogen-bond donors (Lipinski definition) is 1. The van der Waals surface area contributed by atoms with Crippen LogP contribution in [0.5, 0.6) is 5.75 Å². The summed E-state index contributed by atoms with van der Waals surface area (Å²) in [7, 11) is 2.78. The van der Waals surface area contributed by atoms with E-state index in [-0.39, 0.29) is 11.5 Å². The van der Waals surface area contributed by atoms with E-state index in [9.17, 15) is 18.0 Å². The van der Waals surface area contributed by atoms with Crippen molar-refractivity contribution in [3.05, 3.63) is 53.1 Å². The molecule has 2 bridgehead atoms. The van der Waals surface area contributed by atoms with Crippen molar-refractivity contribution in [3.63, 3.8) is 0 Å². The second-order valence-corrected chi connectivity index (χ2v) is 17.4. The summed E-state index contributed by atoms with van der Waals surface area (Å²) < 4.78 is 36.5. The number of carbonyl (C=O) groups excluding carboxylic acids is 2. The molecule has 5 aliphatic rings. The van der Waals surface area contributed by atoms with Gasteiger partial charge >= 0.3 is 10.2 Å². The lowest BCUT2D eigenvalue weighted by Gasteiger charge is -2.36. The van der Waals surface area contributed by atoms with Crippen LogP contribution in [0.4, 0.5) is 0 Å². The van der Waals surface area contributed by atoms with Crippen molar-refractivity contribution in [2.45, 2.75) is 101 Å². The molecular formula is C38H48N4O5S. The molecule has 1 N–H and O–H groups in total. The third-order valence-electron chi connectivity index (χ3n) is 12.7. The Morgan fingerprint density at radius 1 is 1.00 bits per heavy atom. The van der Waals surface area contributed by atoms with Crippen LogP contribution in [0.2, 0.25) is 0 Å². The molecule has 4 heterocycles. The Hall–Kier alpha value is -3.21. The van der Waals surface area contributed by atoms with Crippen LogP contribution in [-0.4, -0.2) is 74.2 Å². The number of fused-ring (bicyclic) bond motifs is 9. The number of amides is 1. The van der Waals surface area contributed by atoms with Crippen molar-refractivity contribution in [1.82, 2.24) is 18.5 Å². The van der Waals surface area contributed by atoms with Crippen LogP contribution >= 0.6 is 0 Å². The minimum atomic E-state index is -3.96. The summed E-state index contributed by atoms with van der Waals surface area (Å²) in [5.74, 6) is 1.42. The quantitative estimate of drug-likeness (QED) is 0.305. The average Bonchev–Trinajstić information content (AvgIpc) is 3.70. The Balaban J connectivity index is 1.26. The van der Waals surface area contributed by atoms with E-state index in [1.165, 1.54) is 57.3 Å². The van der Waals surface area contributed by atoms with Gasteiger partial charge in [-0.25, -0.2) is 4.72 Å². The van der Waals surface area contributed by atoms with Crippen molar-refractivity contribution >= 4 is 32.8 Å². The first-order valence-corrected chi connectivity index (χ1v) is 19.3. The highest BCUT2D eigenvalue weighted by molar-refractivity contribution is 7.87. The number of aromatic nitrogens is 1. The lowest BCUT2D eigenvalue weighted by atomic mass is 9.80. The molecule has 10 heteroatoms. The second kappa shape index (κ2) is 11.7. The molecule has 0 radical (unpaired) electrons. The highest BCUT2D eigenvalue weighted by Crippen LogP contribution is 2.66. The second-order valence-electron chi connectivity index (χ2n) is 15.5. The summed E-state index contributed by atoms with van der Waals surface area (Å²) in [6.07, 6.45) is 11.9. The van der Waals surface area contributed by atoms with Crippen LogP contribution in [0.25, 0.3) is 22.2 Å². The number of carbonyl (C=O) groups is 2. The topological polar surface area (TPSA) is 101 Å². The highest BCUT2D eigenvalue weighted by Gasteiger charge is 2.62. The number of methoxy groups -OCH3 is 1. The average molecular weight is 673 g/mol. The number of nitrogens with one attached hydrogen (secondary N) is 1. The van der Waals surface area contributed by atoms with Gasteiger partial charge in [-0.2, -0.15) is 12.7 Å². The molecule has 2 saturated heterocycles. The van der Waals surface area contributed by atoms with Crippen LogP contribution in [0, 0.1) is 11.3 Å². The summed E-state index contributed by atoms with van der Waals surface area (Å²) in [6, 6.07) is 13.2. The summed E-state index contributed by atoms with van der Waals surface area (Å²) in [5.41, 5.74) is 5.49. The fourth-order valence-corrected chi connectivity index (χ4v) is 10.5. The number of hydrogen-bond acceptors (Lipinski definition) is 6. The molecule has 1 amide bonds. The number of ketones is 1. The van der Waals surface area contributed by atoms with Gasteiger partial charge in [-0.3, -0.25) is 9.59 Å². The van der Waals surface area contributed by atoms with Gasteiger partial charge in [0.15, 0.2) is 0 Å². The SMILES string of the molecule is COc1ccc2c(c1)C1CC1(C(=O)CC1CC3CCC(C1)N3C)Cn1c-2c(C2CCCCC2)c2ccc(C(=O)NS(=O)(=O)N(C)C)cc21. The molecule has 3 aromatic rings. The molecule has 4 unspecified atom stereocenters. The van der Waals surface area contributed by atoms with E-state index in [1.807, 2.05) is 18.2 Å². The Morgan fingerprint density at radius 2 is 1.73 bits per heavy atom. The van der Waals surface area contributed by atoms with Crippen molar-refractivity contribution in [3.8, 4) is 17.0 Å². The van der Waals surface area contributed by atoms with E-state index in [0.29, 0.717) is 42.7 Å². The third-order valence-corrected chi connectivity index (χ3v) is 14.1. The van der Waals surface area contributed by atoms with Crippen LogP contribution in [-0.2, 0) is 21.5 Å². The molecule has 2 aromatic carbocycles. The molecule has 3 aliphatic heterocycles. The maximum absolute atomic E-state index is 14.7. The first kappa shape index (κ1) is 32.0. The normalized spacial score (nSPS) is 28.4. The maximum atomic E-state index is 14.7. The molecule has 48 heavy (non-hydrogen) atoms. The van der Waals surface area contributed by atoms with Crippen molar-refractivity contribution in [1.29, 1.82) is 0 Å². The van der Waals surface area contributed by atoms with Crippen LogP contribution in [0.1, 0.15) is 104 Å². The maximum Gasteiger partial charge on any atom is 0.303 e. The van der Waals surface area contributed by atoms with Gasteiger partial charge in [-0.15, -0.1) is 0 Å². The molecule has 256 valence electrons. The van der Waals surface area contributed by atoms with Gasteiger partial charge < -0.3 is 14.2 Å². The number of ether oxygens (including phenoxy) is 1. The van der Waals surface area contributed by atoms with Crippen LogP contribution in [0.15, 0.2) is 36.4 Å². The number of piperidine rings is 1. The lowest BCUT2D eigenvalue weighted by Crippen LogP contribution is -2.41. The van der Waals surface area contributed by atoms with Crippen molar-refractivity contribution < 1.29 is 22.7 Å². The first-order valence-electron chi connectivity index (χ1n) is 17.8. The zero-order valence-electron chi connectivity index (χ0n) is 28.6. The van der Waals surface area contributed by atoms with Gasteiger partial charge in [-0.05, 0) is 105 Å². The molecule has 0 spiro atoms. The van der Waals surface area contributed by atoms with E-state index < -0.39 is 21.5 Å². The lowest BCUT2D eigenvalue weighted by molar-refractivity contribution is -0.126. The molecule has 2 aliphatic carbocycles. The monoisotopic (exact) mass is 672 g/mol. The largest absolute Gasteiger partial charge is 0.497 e. The fourth-order valence-electron chi connectivity index (χ4n) is 9.94. The van der Waals surface area contributed by atoms with Gasteiger partial charge in [-0.1, -0.05) is 25.3 Å². The van der Waals surface area contributed by atoms with Gasteiger partial charge in [0, 0.05) is 67.1 Å². The zero-order chi connectivity index (χ0) is 33.5. The van der Waals surface area contributed by atoms with E-state index in [4.69, 9.17) is 4.74 Å². The van der Waals surface area contributed by atoms with Gasteiger partial charge in [0.05, 0.1) is 18.2 Å². The zero-order valence-corrected chi connectivity index (χ0v) is 29.4. The summed E-state index contributed by atoms with van der Waals surface area (Å²) >= 11 is 0. The highest BCUT2D eigenvalue weighted by atomic mass is 32.2. The first-order chi connectivity index (χ1) is 23.0. The van der Waals surface area contributed by atoms with E-state index in [0.717, 1.165) is 64.3 Å². The number of rotatable bonds is 8. The number of nitrogens with zero attached hydrogens (tertiary/aromatic N) is 3. The van der Waals surface area contributed by atoms with E-state index in [2.05, 4.69) is 33.4 Å². The molecular weight excluding hydrogens is 625 g/mol. The number of benzene rings is 2. The molecule has 2 saturated carbocycles. The summed E-state index contributed by atoms with van der Waals surface area (Å²) in [5, 5.41) is 1.10. The van der Waals surface area contributed by atoms with Crippen LogP contribution in [0.3, 0.4) is 0 Å². The summed E-state index contributed by atoms with van der Waals surface area (Å²) in [6.45, 7) is 0.562. The molecule has 8 rings (SSSR count). The van der Waals surface area contributed by atoms with E-state index >= 15 is 0 Å². The minimum Gasteiger partial charge on any atom is -0.497 e. The fraction of sp³-hybridized carbons (Fsp3) is 0.579. The predicted molar refractivity (Wildman–Crippen MR) is 187 cm³/mol. The molecule has 4 fully saturated rings. The predicted octanol–water partition coefficient (Wildman–Crippen LogP) is 6.22. The smallest absolute Gasteiger partial charge is 0.303 e. The molecule has 4 atom stereocenters. The van der Waals surface area contributed by atoms with Crippen molar-refractivity contribution in [2.24, 2.45) is 11.3 Å². The third kappa shape index (κ3) is 5.12. The van der Waals surface area contributed by atoms with Crippen molar-refractivity contribution in [2.75, 3.05) is 28.3 Å². The summed E-state index contributed by atoms with van der Waals surface area (Å²) in [4.78, 5) is 30.6. The van der Waals surface area contributed by atoms with Crippen LogP contribution < -0.4 is 9.46 Å². The van der Waals surface area contributed by atoms with Gasteiger partial charge in [0.2, 0.25) is 0 Å². The molecule has 1 aromatic heterocycles. The Labute approximate surface area is 284 Å². The van der Waals surface area contributed by atoms with E-state index in [1.54, 1.807) is 13.2 Å². The van der Waals surface area contributed by atoms with Gasteiger partial charge in [0.25, 0.3) is 5.91 Å².